The average Bonchev–Trinajstić information content (AvgIpc) is 2.51. The fourth-order valence-corrected chi connectivity index (χ4v) is 2.97. The van der Waals surface area contributed by atoms with Gasteiger partial charge in [-0.2, -0.15) is 8.78 Å². The number of hydrogen-bond acceptors (Lipinski definition) is 3. The topological polar surface area (TPSA) is 49.8 Å². The molecule has 126 valence electrons. The molecule has 1 aliphatic carbocycles. The van der Waals surface area contributed by atoms with Gasteiger partial charge in [0.2, 0.25) is 0 Å². The first-order valence-corrected chi connectivity index (χ1v) is 7.60. The van der Waals surface area contributed by atoms with Crippen LogP contribution in [-0.2, 0) is 9.53 Å². The Labute approximate surface area is 131 Å². The molecule has 1 unspecified atom stereocenters. The monoisotopic (exact) mass is 329 g/mol. The van der Waals surface area contributed by atoms with Gasteiger partial charge in [-0.1, -0.05) is 12.1 Å². The molecule has 0 aromatic heterocycles. The predicted molar refractivity (Wildman–Crippen MR) is 75.4 cm³/mol. The Hall–Kier alpha value is -1.60. The first kappa shape index (κ1) is 16.3. The molecule has 23 heavy (non-hydrogen) atoms. The van der Waals surface area contributed by atoms with Crippen LogP contribution in [0.15, 0.2) is 24.3 Å². The number of halogens is 3. The van der Waals surface area contributed by atoms with Gasteiger partial charge in [0, 0.05) is 6.54 Å². The summed E-state index contributed by atoms with van der Waals surface area (Å²) in [5.41, 5.74) is -1.75. The summed E-state index contributed by atoms with van der Waals surface area (Å²) in [7, 11) is 0. The molecule has 1 amide bonds. The lowest BCUT2D eigenvalue weighted by atomic mass is 9.75. The van der Waals surface area contributed by atoms with Gasteiger partial charge in [-0.15, -0.1) is 0 Å². The number of nitrogens with zero attached hydrogens (tertiary/aromatic N) is 1. The maximum Gasteiger partial charge on any atom is 0.352 e. The van der Waals surface area contributed by atoms with E-state index >= 15 is 0 Å². The second-order valence-corrected chi connectivity index (χ2v) is 6.13. The molecule has 2 aliphatic rings. The van der Waals surface area contributed by atoms with Gasteiger partial charge in [0.1, 0.15) is 17.5 Å². The number of amides is 1. The zero-order valence-corrected chi connectivity index (χ0v) is 12.5. The fraction of sp³-hybridized carbons (Fsp3) is 0.562. The number of alkyl halides is 2. The van der Waals surface area contributed by atoms with Crippen LogP contribution in [0.25, 0.3) is 0 Å². The average molecular weight is 329 g/mol. The quantitative estimate of drug-likeness (QED) is 0.926. The maximum atomic E-state index is 14.3. The Balaban J connectivity index is 1.74. The van der Waals surface area contributed by atoms with Crippen molar-refractivity contribution in [2.24, 2.45) is 0 Å². The SMILES string of the molecule is O=C(N1CCOC(c2cccc(F)c2)C1)C(F)(F)C1(O)CCC1. The number of carbonyl (C=O) groups excluding carboxylic acids is 1. The highest BCUT2D eigenvalue weighted by molar-refractivity contribution is 5.85. The van der Waals surface area contributed by atoms with Crippen LogP contribution >= 0.6 is 0 Å². The van der Waals surface area contributed by atoms with Gasteiger partial charge in [0.05, 0.1) is 13.2 Å². The van der Waals surface area contributed by atoms with Crippen molar-refractivity contribution in [3.63, 3.8) is 0 Å². The number of ether oxygens (including phenoxy) is 1. The highest BCUT2D eigenvalue weighted by Crippen LogP contribution is 2.45. The van der Waals surface area contributed by atoms with Crippen LogP contribution < -0.4 is 0 Å². The molecular weight excluding hydrogens is 311 g/mol. The highest BCUT2D eigenvalue weighted by Gasteiger charge is 2.62. The van der Waals surface area contributed by atoms with Crippen molar-refractivity contribution in [3.8, 4) is 0 Å². The van der Waals surface area contributed by atoms with Crippen LogP contribution in [0.1, 0.15) is 30.9 Å². The van der Waals surface area contributed by atoms with Crippen molar-refractivity contribution in [3.05, 3.63) is 35.6 Å². The van der Waals surface area contributed by atoms with Gasteiger partial charge in [-0.05, 0) is 37.0 Å². The lowest BCUT2D eigenvalue weighted by Crippen LogP contribution is -2.62. The van der Waals surface area contributed by atoms with Gasteiger partial charge in [0.15, 0.2) is 0 Å². The van der Waals surface area contributed by atoms with Crippen molar-refractivity contribution in [2.75, 3.05) is 19.7 Å². The van der Waals surface area contributed by atoms with Gasteiger partial charge < -0.3 is 14.7 Å². The molecule has 1 heterocycles. The van der Waals surface area contributed by atoms with Gasteiger partial charge in [0.25, 0.3) is 5.91 Å². The van der Waals surface area contributed by atoms with Crippen molar-refractivity contribution in [1.29, 1.82) is 0 Å². The van der Waals surface area contributed by atoms with E-state index in [9.17, 15) is 23.1 Å². The van der Waals surface area contributed by atoms with Gasteiger partial charge in [-0.25, -0.2) is 4.39 Å². The number of hydrogen-bond donors (Lipinski definition) is 1. The second kappa shape index (κ2) is 5.79. The van der Waals surface area contributed by atoms with E-state index in [1.54, 1.807) is 6.07 Å². The number of aliphatic hydroxyl groups is 1. The third kappa shape index (κ3) is 2.83. The molecule has 4 nitrogen and oxygen atoms in total. The number of carbonyl (C=O) groups is 1. The first-order valence-electron chi connectivity index (χ1n) is 7.60. The molecule has 1 N–H and O–H groups in total. The van der Waals surface area contributed by atoms with Crippen LogP contribution in [0.3, 0.4) is 0 Å². The first-order chi connectivity index (χ1) is 10.8. The molecule has 1 atom stereocenters. The van der Waals surface area contributed by atoms with E-state index in [-0.39, 0.29) is 32.5 Å². The Bertz CT molecular complexity index is 604. The minimum absolute atomic E-state index is 0.0241. The van der Waals surface area contributed by atoms with E-state index in [1.807, 2.05) is 0 Å². The molecular formula is C16H18F3NO3. The molecule has 1 aliphatic heterocycles. The van der Waals surface area contributed by atoms with E-state index in [0.29, 0.717) is 12.0 Å². The Morgan fingerprint density at radius 2 is 2.13 bits per heavy atom. The molecule has 2 fully saturated rings. The summed E-state index contributed by atoms with van der Waals surface area (Å²) in [4.78, 5) is 13.2. The van der Waals surface area contributed by atoms with Crippen molar-refractivity contribution in [1.82, 2.24) is 4.90 Å². The summed E-state index contributed by atoms with van der Waals surface area (Å²) >= 11 is 0. The number of rotatable bonds is 3. The van der Waals surface area contributed by atoms with Crippen molar-refractivity contribution >= 4 is 5.91 Å². The summed E-state index contributed by atoms with van der Waals surface area (Å²) in [6, 6.07) is 5.66. The minimum atomic E-state index is -3.81. The Morgan fingerprint density at radius 3 is 2.74 bits per heavy atom. The zero-order valence-electron chi connectivity index (χ0n) is 12.5. The molecule has 1 aromatic carbocycles. The molecule has 3 rings (SSSR count). The predicted octanol–water partition coefficient (Wildman–Crippen LogP) is 2.28. The fourth-order valence-electron chi connectivity index (χ4n) is 2.97. The number of benzene rings is 1. The molecule has 1 saturated carbocycles. The lowest BCUT2D eigenvalue weighted by Gasteiger charge is -2.44. The molecule has 7 heteroatoms. The normalized spacial score (nSPS) is 24.2. The molecule has 0 spiro atoms. The molecule has 0 bridgehead atoms. The van der Waals surface area contributed by atoms with Crippen LogP contribution in [0.2, 0.25) is 0 Å². The standard InChI is InChI=1S/C16H18F3NO3/c17-12-4-1-3-11(9-12)13-10-20(7-8-23-13)14(21)16(18,19)15(22)5-2-6-15/h1,3-4,9,13,22H,2,5-8,10H2. The summed E-state index contributed by atoms with van der Waals surface area (Å²) in [5.74, 6) is -5.65. The van der Waals surface area contributed by atoms with Crippen LogP contribution in [0, 0.1) is 5.82 Å². The van der Waals surface area contributed by atoms with E-state index in [4.69, 9.17) is 4.74 Å². The molecule has 1 saturated heterocycles. The van der Waals surface area contributed by atoms with E-state index < -0.39 is 29.4 Å². The van der Waals surface area contributed by atoms with E-state index in [1.165, 1.54) is 18.2 Å². The Morgan fingerprint density at radius 1 is 1.39 bits per heavy atom. The lowest BCUT2D eigenvalue weighted by molar-refractivity contribution is -0.226. The number of morpholine rings is 1. The zero-order chi connectivity index (χ0) is 16.7. The van der Waals surface area contributed by atoms with Crippen LogP contribution in [0.4, 0.5) is 13.2 Å². The largest absolute Gasteiger partial charge is 0.383 e. The van der Waals surface area contributed by atoms with Gasteiger partial charge >= 0.3 is 5.92 Å². The third-order valence-corrected chi connectivity index (χ3v) is 4.61. The highest BCUT2D eigenvalue weighted by atomic mass is 19.3. The summed E-state index contributed by atoms with van der Waals surface area (Å²) in [5, 5.41) is 9.88. The van der Waals surface area contributed by atoms with Crippen molar-refractivity contribution in [2.45, 2.75) is 36.9 Å². The van der Waals surface area contributed by atoms with Crippen molar-refractivity contribution < 1.29 is 27.8 Å². The smallest absolute Gasteiger partial charge is 0.352 e. The third-order valence-electron chi connectivity index (χ3n) is 4.61. The second-order valence-electron chi connectivity index (χ2n) is 6.13. The van der Waals surface area contributed by atoms with Gasteiger partial charge in [-0.3, -0.25) is 4.79 Å². The van der Waals surface area contributed by atoms with E-state index in [0.717, 1.165) is 4.90 Å². The minimum Gasteiger partial charge on any atom is -0.383 e. The summed E-state index contributed by atoms with van der Waals surface area (Å²) < 4.78 is 47.3. The maximum absolute atomic E-state index is 14.3. The van der Waals surface area contributed by atoms with Crippen LogP contribution in [-0.4, -0.2) is 47.1 Å². The van der Waals surface area contributed by atoms with Crippen LogP contribution in [0.5, 0.6) is 0 Å². The summed E-state index contributed by atoms with van der Waals surface area (Å²) in [6.45, 7) is 0.0195. The molecule has 0 radical (unpaired) electrons. The summed E-state index contributed by atoms with van der Waals surface area (Å²) in [6.07, 6.45) is -0.337. The Kier molecular flexibility index (Phi) is 4.10. The molecule has 1 aromatic rings. The van der Waals surface area contributed by atoms with E-state index in [2.05, 4.69) is 0 Å².